The van der Waals surface area contributed by atoms with E-state index in [1.165, 1.54) is 18.2 Å². The van der Waals surface area contributed by atoms with E-state index in [0.29, 0.717) is 0 Å². The van der Waals surface area contributed by atoms with Crippen molar-refractivity contribution in [2.75, 3.05) is 39.8 Å². The lowest BCUT2D eigenvalue weighted by Crippen LogP contribution is -2.48. The Morgan fingerprint density at radius 1 is 0.865 bits per heavy atom. The molecule has 1 heterocycles. The second-order valence-electron chi connectivity index (χ2n) is 10.3. The first-order chi connectivity index (χ1) is 18.0. The molecule has 1 aliphatic heterocycles. The topological polar surface area (TPSA) is 32.8 Å². The molecule has 5 heteroatoms. The van der Waals surface area contributed by atoms with Crippen molar-refractivity contribution in [1.29, 1.82) is 0 Å². The van der Waals surface area contributed by atoms with Gasteiger partial charge < -0.3 is 9.64 Å². The summed E-state index contributed by atoms with van der Waals surface area (Å²) in [6.07, 6.45) is 1.72. The van der Waals surface area contributed by atoms with Crippen LogP contribution in [0.5, 0.6) is 0 Å². The molecular weight excluding hydrogens is 524 g/mol. The molecule has 0 spiro atoms. The highest BCUT2D eigenvalue weighted by atomic mass is 79.9. The van der Waals surface area contributed by atoms with Crippen LogP contribution in [0.2, 0.25) is 0 Å². The van der Waals surface area contributed by atoms with Crippen LogP contribution in [0, 0.1) is 5.92 Å². The summed E-state index contributed by atoms with van der Waals surface area (Å²) in [5, 5.41) is 0. The smallest absolute Gasteiger partial charge is 0.316 e. The first kappa shape index (κ1) is 27.6. The third kappa shape index (κ3) is 6.34. The van der Waals surface area contributed by atoms with Gasteiger partial charge in [-0.15, -0.1) is 0 Å². The number of ether oxygens (including phenoxy) is 1. The Morgan fingerprint density at radius 3 is 1.89 bits per heavy atom. The Labute approximate surface area is 230 Å². The molecule has 0 aliphatic carbocycles. The Bertz CT molecular complexity index is 1070. The number of methoxy groups -OCH3 is 1. The quantitative estimate of drug-likeness (QED) is 0.257. The fraction of sp³-hybridized carbons (Fsp3) is 0.406. The van der Waals surface area contributed by atoms with Crippen LogP contribution in [-0.4, -0.2) is 55.6 Å². The number of benzene rings is 3. The number of carbonyl (C=O) groups excluding carboxylic acids is 1. The minimum absolute atomic E-state index is 0.135. The highest BCUT2D eigenvalue weighted by Gasteiger charge is 2.44. The summed E-state index contributed by atoms with van der Waals surface area (Å²) < 4.78 is 6.37. The molecule has 3 aromatic rings. The minimum atomic E-state index is -0.636. The van der Waals surface area contributed by atoms with Crippen molar-refractivity contribution in [3.05, 3.63) is 106 Å². The van der Waals surface area contributed by atoms with Crippen molar-refractivity contribution in [1.82, 2.24) is 9.80 Å². The number of halogens is 1. The van der Waals surface area contributed by atoms with Gasteiger partial charge in [0, 0.05) is 30.7 Å². The van der Waals surface area contributed by atoms with Gasteiger partial charge in [0.2, 0.25) is 0 Å². The SMILES string of the molecule is COC(=O)C(CCCN1CCN(C(c2ccccc2)c2ccccc2)CC1)(c1ccc(Br)cc1)C(C)C. The predicted molar refractivity (Wildman–Crippen MR) is 155 cm³/mol. The summed E-state index contributed by atoms with van der Waals surface area (Å²) in [6.45, 7) is 9.34. The monoisotopic (exact) mass is 562 g/mol. The first-order valence-electron chi connectivity index (χ1n) is 13.4. The van der Waals surface area contributed by atoms with Gasteiger partial charge in [-0.25, -0.2) is 0 Å². The lowest BCUT2D eigenvalue weighted by molar-refractivity contribution is -0.150. The van der Waals surface area contributed by atoms with Gasteiger partial charge in [0.1, 0.15) is 0 Å². The predicted octanol–water partition coefficient (Wildman–Crippen LogP) is 6.70. The van der Waals surface area contributed by atoms with Gasteiger partial charge in [0.25, 0.3) is 0 Å². The van der Waals surface area contributed by atoms with Crippen LogP contribution in [0.1, 0.15) is 49.4 Å². The molecule has 0 aromatic heterocycles. The zero-order valence-corrected chi connectivity index (χ0v) is 23.9. The average Bonchev–Trinajstić information content (AvgIpc) is 2.93. The van der Waals surface area contributed by atoms with Gasteiger partial charge in [-0.1, -0.05) is 103 Å². The van der Waals surface area contributed by atoms with Crippen molar-refractivity contribution in [3.63, 3.8) is 0 Å². The van der Waals surface area contributed by atoms with E-state index in [9.17, 15) is 4.79 Å². The van der Waals surface area contributed by atoms with Crippen LogP contribution >= 0.6 is 15.9 Å². The first-order valence-corrected chi connectivity index (χ1v) is 14.2. The molecule has 4 rings (SSSR count). The van der Waals surface area contributed by atoms with E-state index in [1.54, 1.807) is 0 Å². The molecule has 1 unspecified atom stereocenters. The number of hydrogen-bond acceptors (Lipinski definition) is 4. The second kappa shape index (κ2) is 12.9. The zero-order chi connectivity index (χ0) is 26.3. The van der Waals surface area contributed by atoms with Gasteiger partial charge in [-0.3, -0.25) is 9.69 Å². The van der Waals surface area contributed by atoms with Crippen LogP contribution in [-0.2, 0) is 14.9 Å². The van der Waals surface area contributed by atoms with Crippen molar-refractivity contribution < 1.29 is 9.53 Å². The molecule has 0 amide bonds. The van der Waals surface area contributed by atoms with Crippen LogP contribution in [0.15, 0.2) is 89.4 Å². The van der Waals surface area contributed by atoms with E-state index in [4.69, 9.17) is 4.74 Å². The van der Waals surface area contributed by atoms with Gasteiger partial charge in [0.15, 0.2) is 0 Å². The van der Waals surface area contributed by atoms with Crippen molar-refractivity contribution in [2.45, 2.75) is 38.1 Å². The Kier molecular flexibility index (Phi) is 9.58. The number of carbonyl (C=O) groups is 1. The van der Waals surface area contributed by atoms with Gasteiger partial charge in [-0.2, -0.15) is 0 Å². The molecule has 1 aliphatic rings. The minimum Gasteiger partial charge on any atom is -0.468 e. The lowest BCUT2D eigenvalue weighted by Gasteiger charge is -2.40. The molecule has 0 saturated carbocycles. The summed E-state index contributed by atoms with van der Waals surface area (Å²) in [7, 11) is 1.51. The maximum Gasteiger partial charge on any atom is 0.316 e. The molecule has 37 heavy (non-hydrogen) atoms. The molecular formula is C32H39BrN2O2. The molecule has 0 radical (unpaired) electrons. The molecule has 0 bridgehead atoms. The molecule has 1 atom stereocenters. The summed E-state index contributed by atoms with van der Waals surface area (Å²) in [6, 6.07) is 30.1. The molecule has 4 nitrogen and oxygen atoms in total. The highest BCUT2D eigenvalue weighted by molar-refractivity contribution is 9.10. The maximum absolute atomic E-state index is 13.2. The van der Waals surface area contributed by atoms with Crippen molar-refractivity contribution >= 4 is 21.9 Å². The number of nitrogens with zero attached hydrogens (tertiary/aromatic N) is 2. The Morgan fingerprint density at radius 2 is 1.41 bits per heavy atom. The number of esters is 1. The zero-order valence-electron chi connectivity index (χ0n) is 22.3. The summed E-state index contributed by atoms with van der Waals surface area (Å²) >= 11 is 3.53. The fourth-order valence-electron chi connectivity index (χ4n) is 5.86. The third-order valence-corrected chi connectivity index (χ3v) is 8.47. The number of piperazine rings is 1. The van der Waals surface area contributed by atoms with E-state index < -0.39 is 5.41 Å². The second-order valence-corrected chi connectivity index (χ2v) is 11.2. The van der Waals surface area contributed by atoms with E-state index in [2.05, 4.69) is 112 Å². The molecule has 0 N–H and O–H groups in total. The van der Waals surface area contributed by atoms with Gasteiger partial charge >= 0.3 is 5.97 Å². The maximum atomic E-state index is 13.2. The van der Waals surface area contributed by atoms with Crippen LogP contribution in [0.3, 0.4) is 0 Å². The van der Waals surface area contributed by atoms with E-state index >= 15 is 0 Å². The van der Waals surface area contributed by atoms with Crippen molar-refractivity contribution in [3.8, 4) is 0 Å². The van der Waals surface area contributed by atoms with Crippen molar-refractivity contribution in [2.24, 2.45) is 5.92 Å². The van der Waals surface area contributed by atoms with Crippen LogP contribution < -0.4 is 0 Å². The molecule has 196 valence electrons. The normalized spacial score (nSPS) is 16.6. The van der Waals surface area contributed by atoms with Gasteiger partial charge in [0.05, 0.1) is 18.6 Å². The van der Waals surface area contributed by atoms with Gasteiger partial charge in [-0.05, 0) is 54.1 Å². The third-order valence-electron chi connectivity index (χ3n) is 7.94. The molecule has 3 aromatic carbocycles. The lowest BCUT2D eigenvalue weighted by atomic mass is 9.68. The van der Waals surface area contributed by atoms with E-state index in [0.717, 1.165) is 55.6 Å². The van der Waals surface area contributed by atoms with Crippen LogP contribution in [0.25, 0.3) is 0 Å². The van der Waals surface area contributed by atoms with Crippen LogP contribution in [0.4, 0.5) is 0 Å². The Balaban J connectivity index is 1.41. The summed E-state index contributed by atoms with van der Waals surface area (Å²) in [5.41, 5.74) is 3.09. The summed E-state index contributed by atoms with van der Waals surface area (Å²) in [4.78, 5) is 18.3. The Hall–Kier alpha value is -2.47. The molecule has 1 fully saturated rings. The standard InChI is InChI=1S/C32H39BrN2O2/c1-25(2)32(31(36)37-3,28-15-17-29(33)18-16-28)19-10-20-34-21-23-35(24-22-34)30(26-11-6-4-7-12-26)27-13-8-5-9-14-27/h4-9,11-18,25,30H,10,19-24H2,1-3H3. The van der Waals surface area contributed by atoms with E-state index in [-0.39, 0.29) is 17.9 Å². The number of hydrogen-bond donors (Lipinski definition) is 0. The fourth-order valence-corrected chi connectivity index (χ4v) is 6.13. The largest absolute Gasteiger partial charge is 0.468 e. The molecule has 1 saturated heterocycles. The summed E-state index contributed by atoms with van der Waals surface area (Å²) in [5.74, 6) is -0.00122. The van der Waals surface area contributed by atoms with E-state index in [1.807, 2.05) is 12.1 Å². The number of rotatable bonds is 10. The average molecular weight is 564 g/mol. The highest BCUT2D eigenvalue weighted by Crippen LogP contribution is 2.39.